The van der Waals surface area contributed by atoms with Crippen LogP contribution in [0.5, 0.6) is 5.75 Å². The van der Waals surface area contributed by atoms with E-state index < -0.39 is 16.0 Å². The summed E-state index contributed by atoms with van der Waals surface area (Å²) in [5.41, 5.74) is 6.30. The predicted molar refractivity (Wildman–Crippen MR) is 94.3 cm³/mol. The highest BCUT2D eigenvalue weighted by Gasteiger charge is 2.20. The Balaban J connectivity index is 2.40. The highest BCUT2D eigenvalue weighted by molar-refractivity contribution is 7.86. The second-order valence-electron chi connectivity index (χ2n) is 5.41. The molecular weight excluding hydrogens is 342 g/mol. The van der Waals surface area contributed by atoms with E-state index in [1.807, 2.05) is 12.1 Å². The predicted octanol–water partition coefficient (Wildman–Crippen LogP) is 2.86. The molecule has 3 aromatic rings. The van der Waals surface area contributed by atoms with Crippen molar-refractivity contribution < 1.29 is 22.5 Å². The molecule has 0 aromatic heterocycles. The molecule has 128 valence electrons. The molecule has 0 aliphatic heterocycles. The highest BCUT2D eigenvalue weighted by Crippen LogP contribution is 2.37. The van der Waals surface area contributed by atoms with Crippen molar-refractivity contribution in [3.63, 3.8) is 0 Å². The van der Waals surface area contributed by atoms with E-state index in [0.29, 0.717) is 16.5 Å². The number of primary amides is 1. The van der Waals surface area contributed by atoms with Gasteiger partial charge >= 0.3 is 0 Å². The number of carbonyl (C=O) groups is 1. The van der Waals surface area contributed by atoms with Crippen molar-refractivity contribution in [3.05, 3.63) is 60.2 Å². The molecule has 6 nitrogen and oxygen atoms in total. The normalized spacial score (nSPS) is 11.4. The summed E-state index contributed by atoms with van der Waals surface area (Å²) in [6.45, 7) is 0. The number of nitrogens with two attached hydrogens (primary N) is 1. The molecular formula is C18H15NO5S. The molecule has 7 heteroatoms. The minimum atomic E-state index is -4.45. The Hall–Kier alpha value is -2.90. The molecule has 0 radical (unpaired) electrons. The largest absolute Gasteiger partial charge is 0.496 e. The third-order valence-corrected chi connectivity index (χ3v) is 4.82. The number of hydrogen-bond acceptors (Lipinski definition) is 4. The van der Waals surface area contributed by atoms with Gasteiger partial charge in [0.25, 0.3) is 16.0 Å². The smallest absolute Gasteiger partial charge is 0.295 e. The Morgan fingerprint density at radius 3 is 2.44 bits per heavy atom. The zero-order valence-electron chi connectivity index (χ0n) is 13.3. The number of rotatable bonds is 4. The minimum Gasteiger partial charge on any atom is -0.496 e. The Morgan fingerprint density at radius 1 is 1.08 bits per heavy atom. The maximum absolute atomic E-state index is 11.9. The highest BCUT2D eigenvalue weighted by atomic mass is 32.2. The van der Waals surface area contributed by atoms with Gasteiger partial charge < -0.3 is 10.5 Å². The zero-order chi connectivity index (χ0) is 18.2. The van der Waals surface area contributed by atoms with Crippen molar-refractivity contribution in [1.82, 2.24) is 0 Å². The van der Waals surface area contributed by atoms with Crippen LogP contribution in [0.1, 0.15) is 10.4 Å². The first kappa shape index (κ1) is 16.9. The molecule has 3 N–H and O–H groups in total. The maximum atomic E-state index is 11.9. The minimum absolute atomic E-state index is 0.180. The second-order valence-corrected chi connectivity index (χ2v) is 6.80. The molecule has 0 fully saturated rings. The van der Waals surface area contributed by atoms with Gasteiger partial charge in [-0.3, -0.25) is 9.35 Å². The van der Waals surface area contributed by atoms with E-state index in [2.05, 4.69) is 0 Å². The van der Waals surface area contributed by atoms with Crippen LogP contribution in [0.25, 0.3) is 21.9 Å². The standard InChI is InChI=1S/C18H15NO5S/c1-24-15-10-12(6-8-14(15)18(19)20)17-13-5-3-2-4-11(13)7-9-16(17)25(21,22)23/h2-10H,1H3,(H2,19,20)(H,21,22,23). The molecule has 3 rings (SSSR count). The van der Waals surface area contributed by atoms with Gasteiger partial charge in [-0.25, -0.2) is 0 Å². The topological polar surface area (TPSA) is 107 Å². The zero-order valence-corrected chi connectivity index (χ0v) is 14.1. The third kappa shape index (κ3) is 3.07. The van der Waals surface area contributed by atoms with Gasteiger partial charge in [-0.1, -0.05) is 36.4 Å². The molecule has 0 heterocycles. The average Bonchev–Trinajstić information content (AvgIpc) is 2.59. The van der Waals surface area contributed by atoms with Crippen molar-refractivity contribution in [2.75, 3.05) is 7.11 Å². The summed E-state index contributed by atoms with van der Waals surface area (Å²) in [6.07, 6.45) is 0. The van der Waals surface area contributed by atoms with Crippen LogP contribution in [0.4, 0.5) is 0 Å². The van der Waals surface area contributed by atoms with Crippen molar-refractivity contribution in [3.8, 4) is 16.9 Å². The number of amides is 1. The van der Waals surface area contributed by atoms with E-state index in [0.717, 1.165) is 5.39 Å². The lowest BCUT2D eigenvalue weighted by atomic mass is 9.97. The first-order chi connectivity index (χ1) is 11.8. The van der Waals surface area contributed by atoms with Gasteiger partial charge in [-0.15, -0.1) is 0 Å². The molecule has 1 amide bonds. The van der Waals surface area contributed by atoms with Crippen LogP contribution in [-0.2, 0) is 10.1 Å². The summed E-state index contributed by atoms with van der Waals surface area (Å²) in [5, 5.41) is 1.45. The average molecular weight is 357 g/mol. The van der Waals surface area contributed by atoms with E-state index in [-0.39, 0.29) is 16.2 Å². The molecule has 25 heavy (non-hydrogen) atoms. The van der Waals surface area contributed by atoms with E-state index >= 15 is 0 Å². The summed E-state index contributed by atoms with van der Waals surface area (Å²) in [7, 11) is -3.06. The Bertz CT molecular complexity index is 1090. The monoisotopic (exact) mass is 357 g/mol. The summed E-state index contributed by atoms with van der Waals surface area (Å²) in [6, 6.07) is 14.7. The number of fused-ring (bicyclic) bond motifs is 1. The lowest BCUT2D eigenvalue weighted by Crippen LogP contribution is -2.12. The summed E-state index contributed by atoms with van der Waals surface area (Å²) >= 11 is 0. The Morgan fingerprint density at radius 2 is 1.80 bits per heavy atom. The van der Waals surface area contributed by atoms with Crippen LogP contribution in [0.2, 0.25) is 0 Å². The summed E-state index contributed by atoms with van der Waals surface area (Å²) < 4.78 is 38.5. The van der Waals surface area contributed by atoms with Gasteiger partial charge in [0.05, 0.1) is 12.7 Å². The molecule has 0 unspecified atom stereocenters. The van der Waals surface area contributed by atoms with Gasteiger partial charge in [0.1, 0.15) is 10.6 Å². The number of ether oxygens (including phenoxy) is 1. The molecule has 0 aliphatic carbocycles. The van der Waals surface area contributed by atoms with Gasteiger partial charge in [-0.05, 0) is 34.5 Å². The fourth-order valence-corrected chi connectivity index (χ4v) is 3.54. The molecule has 0 bridgehead atoms. The fraction of sp³-hybridized carbons (Fsp3) is 0.0556. The van der Waals surface area contributed by atoms with Crippen LogP contribution in [0.3, 0.4) is 0 Å². The number of benzene rings is 3. The van der Waals surface area contributed by atoms with E-state index in [9.17, 15) is 17.8 Å². The van der Waals surface area contributed by atoms with Crippen LogP contribution in [0, 0.1) is 0 Å². The quantitative estimate of drug-likeness (QED) is 0.698. The summed E-state index contributed by atoms with van der Waals surface area (Å²) in [4.78, 5) is 11.3. The maximum Gasteiger partial charge on any atom is 0.295 e. The molecule has 0 saturated heterocycles. The van der Waals surface area contributed by atoms with Crippen molar-refractivity contribution >= 4 is 26.8 Å². The lowest BCUT2D eigenvalue weighted by molar-refractivity contribution is 0.0997. The number of methoxy groups -OCH3 is 1. The van der Waals surface area contributed by atoms with Crippen molar-refractivity contribution in [1.29, 1.82) is 0 Å². The van der Waals surface area contributed by atoms with E-state index in [1.54, 1.807) is 24.3 Å². The van der Waals surface area contributed by atoms with Crippen LogP contribution >= 0.6 is 0 Å². The van der Waals surface area contributed by atoms with Crippen molar-refractivity contribution in [2.24, 2.45) is 5.73 Å². The van der Waals surface area contributed by atoms with E-state index in [1.165, 1.54) is 25.3 Å². The molecule has 0 spiro atoms. The molecule has 0 atom stereocenters. The first-order valence-electron chi connectivity index (χ1n) is 7.30. The fourth-order valence-electron chi connectivity index (χ4n) is 2.81. The van der Waals surface area contributed by atoms with Gasteiger partial charge in [0, 0.05) is 5.56 Å². The number of carbonyl (C=O) groups excluding carboxylic acids is 1. The molecule has 3 aromatic carbocycles. The Labute approximate surface area is 144 Å². The van der Waals surface area contributed by atoms with Crippen LogP contribution in [0.15, 0.2) is 59.5 Å². The van der Waals surface area contributed by atoms with E-state index in [4.69, 9.17) is 10.5 Å². The van der Waals surface area contributed by atoms with Gasteiger partial charge in [-0.2, -0.15) is 8.42 Å². The third-order valence-electron chi connectivity index (χ3n) is 3.92. The lowest BCUT2D eigenvalue weighted by Gasteiger charge is -2.14. The first-order valence-corrected chi connectivity index (χ1v) is 8.74. The Kier molecular flexibility index (Phi) is 4.20. The molecule has 0 saturated carbocycles. The van der Waals surface area contributed by atoms with Gasteiger partial charge in [0.15, 0.2) is 0 Å². The van der Waals surface area contributed by atoms with Crippen molar-refractivity contribution in [2.45, 2.75) is 4.90 Å². The van der Waals surface area contributed by atoms with Crippen LogP contribution in [-0.4, -0.2) is 26.0 Å². The van der Waals surface area contributed by atoms with Gasteiger partial charge in [0.2, 0.25) is 0 Å². The second kappa shape index (κ2) is 6.19. The van der Waals surface area contributed by atoms with Crippen LogP contribution < -0.4 is 10.5 Å². The number of hydrogen-bond donors (Lipinski definition) is 2. The molecule has 0 aliphatic rings. The summed E-state index contributed by atoms with van der Waals surface area (Å²) in [5.74, 6) is -0.435. The SMILES string of the molecule is COc1cc(-c2c(S(=O)(=O)O)ccc3ccccc23)ccc1C(N)=O.